The van der Waals surface area contributed by atoms with Crippen LogP contribution in [0.1, 0.15) is 24.0 Å². The van der Waals surface area contributed by atoms with Gasteiger partial charge in [-0.05, 0) is 37.1 Å². The number of thiazole rings is 1. The van der Waals surface area contributed by atoms with Gasteiger partial charge in [0.2, 0.25) is 0 Å². The molecule has 2 heterocycles. The van der Waals surface area contributed by atoms with E-state index >= 15 is 0 Å². The van der Waals surface area contributed by atoms with E-state index in [1.807, 2.05) is 12.1 Å². The van der Waals surface area contributed by atoms with Crippen molar-refractivity contribution in [3.8, 4) is 5.19 Å². The fourth-order valence-electron chi connectivity index (χ4n) is 3.37. The zero-order valence-electron chi connectivity index (χ0n) is 15.9. The number of anilines is 1. The minimum absolute atomic E-state index is 0.0746. The molecule has 1 saturated heterocycles. The summed E-state index contributed by atoms with van der Waals surface area (Å²) in [4.78, 5) is 19.0. The van der Waals surface area contributed by atoms with Crippen molar-refractivity contribution in [3.63, 3.8) is 0 Å². The van der Waals surface area contributed by atoms with Crippen LogP contribution in [-0.4, -0.2) is 35.1 Å². The van der Waals surface area contributed by atoms with Gasteiger partial charge in [0.25, 0.3) is 5.19 Å². The maximum atomic E-state index is 12.5. The van der Waals surface area contributed by atoms with Crippen LogP contribution in [0.5, 0.6) is 5.19 Å². The van der Waals surface area contributed by atoms with Gasteiger partial charge >= 0.3 is 6.03 Å². The van der Waals surface area contributed by atoms with Gasteiger partial charge in [0.15, 0.2) is 0 Å². The van der Waals surface area contributed by atoms with Crippen molar-refractivity contribution in [1.82, 2.24) is 9.88 Å². The standard InChI is InChI=1S/C21H22ClN3O2S/c1-13-7-8-14(2)19-18(13)24-21(28-19)27-15-9-11-25(12-10-15)20(26)23-17-6-4-3-5-16(17)22/h3-8,15H,9-12H2,1-2H3,(H,23,26). The molecule has 1 aliphatic heterocycles. The van der Waals surface area contributed by atoms with Gasteiger partial charge in [-0.1, -0.05) is 47.2 Å². The molecule has 0 atom stereocenters. The summed E-state index contributed by atoms with van der Waals surface area (Å²) in [5.41, 5.74) is 4.04. The number of aryl methyl sites for hydroxylation is 2. The average molecular weight is 416 g/mol. The summed E-state index contributed by atoms with van der Waals surface area (Å²) in [5, 5.41) is 4.13. The maximum absolute atomic E-state index is 12.5. The van der Waals surface area contributed by atoms with Crippen molar-refractivity contribution in [1.29, 1.82) is 0 Å². The molecule has 0 radical (unpaired) electrons. The highest BCUT2D eigenvalue weighted by molar-refractivity contribution is 7.20. The zero-order chi connectivity index (χ0) is 19.7. The lowest BCUT2D eigenvalue weighted by Crippen LogP contribution is -2.43. The number of benzene rings is 2. The average Bonchev–Trinajstić information content (AvgIpc) is 3.12. The second-order valence-electron chi connectivity index (χ2n) is 7.07. The van der Waals surface area contributed by atoms with E-state index in [0.717, 1.165) is 23.9 Å². The third-order valence-corrected chi connectivity index (χ3v) is 6.45. The molecule has 1 aliphatic rings. The first-order chi connectivity index (χ1) is 13.5. The molecule has 0 aliphatic carbocycles. The lowest BCUT2D eigenvalue weighted by molar-refractivity contribution is 0.115. The molecular weight excluding hydrogens is 394 g/mol. The Balaban J connectivity index is 1.35. The van der Waals surface area contributed by atoms with Crippen LogP contribution in [0, 0.1) is 13.8 Å². The van der Waals surface area contributed by atoms with Crippen LogP contribution in [-0.2, 0) is 0 Å². The Morgan fingerprint density at radius 2 is 1.89 bits per heavy atom. The molecule has 2 aromatic carbocycles. The number of nitrogens with one attached hydrogen (secondary N) is 1. The molecule has 0 saturated carbocycles. The van der Waals surface area contributed by atoms with E-state index in [-0.39, 0.29) is 12.1 Å². The first kappa shape index (κ1) is 19.0. The number of halogens is 1. The molecule has 1 aromatic heterocycles. The number of nitrogens with zero attached hydrogens (tertiary/aromatic N) is 2. The van der Waals surface area contributed by atoms with Crippen LogP contribution in [0.2, 0.25) is 5.02 Å². The fourth-order valence-corrected chi connectivity index (χ4v) is 4.58. The van der Waals surface area contributed by atoms with E-state index in [4.69, 9.17) is 16.3 Å². The Morgan fingerprint density at radius 3 is 2.61 bits per heavy atom. The van der Waals surface area contributed by atoms with Crippen LogP contribution in [0.3, 0.4) is 0 Å². The Bertz CT molecular complexity index is 973. The molecular formula is C21H22ClN3O2S. The first-order valence-electron chi connectivity index (χ1n) is 9.35. The van der Waals surface area contributed by atoms with Crippen LogP contribution in [0.4, 0.5) is 10.5 Å². The molecule has 2 amide bonds. The summed E-state index contributed by atoms with van der Waals surface area (Å²) < 4.78 is 7.33. The molecule has 1 N–H and O–H groups in total. The Hall–Kier alpha value is -2.31. The van der Waals surface area contributed by atoms with Gasteiger partial charge < -0.3 is 15.0 Å². The minimum atomic E-state index is -0.127. The van der Waals surface area contributed by atoms with E-state index in [2.05, 4.69) is 36.3 Å². The molecule has 3 aromatic rings. The molecule has 0 spiro atoms. The van der Waals surface area contributed by atoms with Crippen LogP contribution < -0.4 is 10.1 Å². The van der Waals surface area contributed by atoms with Crippen LogP contribution >= 0.6 is 22.9 Å². The summed E-state index contributed by atoms with van der Waals surface area (Å²) in [6.45, 7) is 5.45. The van der Waals surface area contributed by atoms with Crippen LogP contribution in [0.25, 0.3) is 10.2 Å². The van der Waals surface area contributed by atoms with Gasteiger partial charge in [0, 0.05) is 25.9 Å². The van der Waals surface area contributed by atoms with Gasteiger partial charge in [-0.25, -0.2) is 9.78 Å². The Labute approximate surface area is 173 Å². The first-order valence-corrected chi connectivity index (χ1v) is 10.5. The molecule has 5 nitrogen and oxygen atoms in total. The number of aromatic nitrogens is 1. The number of piperidine rings is 1. The molecule has 28 heavy (non-hydrogen) atoms. The summed E-state index contributed by atoms with van der Waals surface area (Å²) in [5.74, 6) is 0. The number of urea groups is 1. The zero-order valence-corrected chi connectivity index (χ0v) is 17.4. The number of rotatable bonds is 3. The van der Waals surface area contributed by atoms with Gasteiger partial charge in [0.1, 0.15) is 6.10 Å². The van der Waals surface area contributed by atoms with Gasteiger partial charge in [-0.15, -0.1) is 0 Å². The number of amides is 2. The van der Waals surface area contributed by atoms with E-state index in [0.29, 0.717) is 29.0 Å². The summed E-state index contributed by atoms with van der Waals surface area (Å²) in [6.07, 6.45) is 1.64. The van der Waals surface area contributed by atoms with Crippen molar-refractivity contribution in [2.24, 2.45) is 0 Å². The summed E-state index contributed by atoms with van der Waals surface area (Å²) in [6, 6.07) is 11.3. The van der Waals surface area contributed by atoms with Gasteiger partial charge in [-0.3, -0.25) is 0 Å². The quantitative estimate of drug-likeness (QED) is 0.602. The third kappa shape index (κ3) is 3.93. The third-order valence-electron chi connectivity index (χ3n) is 5.03. The monoisotopic (exact) mass is 415 g/mol. The SMILES string of the molecule is Cc1ccc(C)c2sc(OC3CCN(C(=O)Nc4ccccc4Cl)CC3)nc12. The number of fused-ring (bicyclic) bond motifs is 1. The predicted octanol–water partition coefficient (Wildman–Crippen LogP) is 5.64. The number of hydrogen-bond acceptors (Lipinski definition) is 4. The highest BCUT2D eigenvalue weighted by Gasteiger charge is 2.25. The minimum Gasteiger partial charge on any atom is -0.467 e. The van der Waals surface area contributed by atoms with E-state index < -0.39 is 0 Å². The summed E-state index contributed by atoms with van der Waals surface area (Å²) in [7, 11) is 0. The second-order valence-corrected chi connectivity index (χ2v) is 8.44. The molecule has 146 valence electrons. The lowest BCUT2D eigenvalue weighted by atomic mass is 10.1. The summed E-state index contributed by atoms with van der Waals surface area (Å²) >= 11 is 7.72. The number of hydrogen-bond donors (Lipinski definition) is 1. The number of ether oxygens (including phenoxy) is 1. The largest absolute Gasteiger partial charge is 0.467 e. The van der Waals surface area contributed by atoms with Crippen LogP contribution in [0.15, 0.2) is 36.4 Å². The Kier molecular flexibility index (Phi) is 5.42. The topological polar surface area (TPSA) is 54.5 Å². The highest BCUT2D eigenvalue weighted by Crippen LogP contribution is 2.33. The van der Waals surface area contributed by atoms with E-state index in [1.54, 1.807) is 28.4 Å². The van der Waals surface area contributed by atoms with Crippen molar-refractivity contribution in [2.45, 2.75) is 32.8 Å². The Morgan fingerprint density at radius 1 is 1.18 bits per heavy atom. The lowest BCUT2D eigenvalue weighted by Gasteiger charge is -2.31. The van der Waals surface area contributed by atoms with Gasteiger partial charge in [0.05, 0.1) is 20.9 Å². The number of carbonyl (C=O) groups excluding carboxylic acids is 1. The smallest absolute Gasteiger partial charge is 0.321 e. The van der Waals surface area contributed by atoms with Crippen molar-refractivity contribution in [3.05, 3.63) is 52.5 Å². The maximum Gasteiger partial charge on any atom is 0.321 e. The normalized spacial score (nSPS) is 15.0. The van der Waals surface area contributed by atoms with E-state index in [9.17, 15) is 4.79 Å². The second kappa shape index (κ2) is 7.97. The van der Waals surface area contributed by atoms with Crippen molar-refractivity contribution in [2.75, 3.05) is 18.4 Å². The van der Waals surface area contributed by atoms with Crippen molar-refractivity contribution < 1.29 is 9.53 Å². The number of para-hydroxylation sites is 1. The molecule has 1 fully saturated rings. The van der Waals surface area contributed by atoms with Crippen molar-refractivity contribution >= 4 is 44.9 Å². The molecule has 7 heteroatoms. The molecule has 4 rings (SSSR count). The molecule has 0 bridgehead atoms. The number of likely N-dealkylation sites (tertiary alicyclic amines) is 1. The van der Waals surface area contributed by atoms with Gasteiger partial charge in [-0.2, -0.15) is 0 Å². The molecule has 0 unspecified atom stereocenters. The predicted molar refractivity (Wildman–Crippen MR) is 115 cm³/mol. The van der Waals surface area contributed by atoms with E-state index in [1.165, 1.54) is 10.3 Å². The highest BCUT2D eigenvalue weighted by atomic mass is 35.5. The number of carbonyl (C=O) groups is 1. The fraction of sp³-hybridized carbons (Fsp3) is 0.333.